The molecule has 5 nitrogen and oxygen atoms in total. The summed E-state index contributed by atoms with van der Waals surface area (Å²) in [4.78, 5) is 26.4. The van der Waals surface area contributed by atoms with E-state index in [1.165, 1.54) is 5.56 Å². The third-order valence-corrected chi connectivity index (χ3v) is 4.44. The van der Waals surface area contributed by atoms with Crippen molar-refractivity contribution in [3.63, 3.8) is 0 Å². The molecule has 1 aromatic carbocycles. The average molecular weight is 317 g/mol. The van der Waals surface area contributed by atoms with E-state index in [2.05, 4.69) is 24.4 Å². The Morgan fingerprint density at radius 1 is 1.35 bits per heavy atom. The highest BCUT2D eigenvalue weighted by Gasteiger charge is 2.28. The van der Waals surface area contributed by atoms with Gasteiger partial charge in [0.1, 0.15) is 0 Å². The average Bonchev–Trinajstić information content (AvgIpc) is 2.60. The minimum atomic E-state index is -0.105. The first-order chi connectivity index (χ1) is 11.1. The van der Waals surface area contributed by atoms with E-state index in [4.69, 9.17) is 5.73 Å². The zero-order chi connectivity index (χ0) is 16.7. The summed E-state index contributed by atoms with van der Waals surface area (Å²) < 4.78 is 0. The maximum Gasteiger partial charge on any atom is 0.224 e. The van der Waals surface area contributed by atoms with Crippen molar-refractivity contribution in [1.29, 1.82) is 0 Å². The summed E-state index contributed by atoms with van der Waals surface area (Å²) in [5.41, 5.74) is 6.59. The van der Waals surface area contributed by atoms with Gasteiger partial charge in [0.15, 0.2) is 0 Å². The fourth-order valence-electron chi connectivity index (χ4n) is 3.05. The second-order valence-corrected chi connectivity index (χ2v) is 6.27. The summed E-state index contributed by atoms with van der Waals surface area (Å²) in [6.07, 6.45) is 2.21. The van der Waals surface area contributed by atoms with Crippen molar-refractivity contribution in [1.82, 2.24) is 10.2 Å². The predicted octanol–water partition coefficient (Wildman–Crippen LogP) is 1.49. The van der Waals surface area contributed by atoms with Crippen molar-refractivity contribution in [2.45, 2.75) is 32.1 Å². The van der Waals surface area contributed by atoms with E-state index >= 15 is 0 Å². The van der Waals surface area contributed by atoms with Crippen LogP contribution in [0.1, 0.15) is 37.7 Å². The van der Waals surface area contributed by atoms with E-state index in [9.17, 15) is 9.59 Å². The molecule has 1 aliphatic rings. The summed E-state index contributed by atoms with van der Waals surface area (Å²) in [6, 6.07) is 10.1. The largest absolute Gasteiger partial charge is 0.355 e. The number of benzene rings is 1. The molecule has 1 heterocycles. The number of hydrogen-bond donors (Lipinski definition) is 2. The van der Waals surface area contributed by atoms with Crippen LogP contribution in [0.4, 0.5) is 0 Å². The maximum atomic E-state index is 12.5. The number of piperidine rings is 1. The lowest BCUT2D eigenvalue weighted by atomic mass is 9.94. The van der Waals surface area contributed by atoms with Gasteiger partial charge in [-0.15, -0.1) is 0 Å². The zero-order valence-corrected chi connectivity index (χ0v) is 13.8. The maximum absolute atomic E-state index is 12.5. The molecule has 0 saturated carbocycles. The topological polar surface area (TPSA) is 75.4 Å². The number of carbonyl (C=O) groups excluding carboxylic acids is 2. The van der Waals surface area contributed by atoms with Crippen LogP contribution < -0.4 is 11.1 Å². The van der Waals surface area contributed by atoms with Gasteiger partial charge in [-0.3, -0.25) is 9.59 Å². The van der Waals surface area contributed by atoms with Crippen LogP contribution in [-0.4, -0.2) is 42.9 Å². The first kappa shape index (κ1) is 17.5. The minimum absolute atomic E-state index is 0.0176. The lowest BCUT2D eigenvalue weighted by Gasteiger charge is -2.32. The number of nitrogens with zero attached hydrogens (tertiary/aromatic N) is 1. The number of amides is 2. The SMILES string of the molecule is CC(CC(=O)N1CCCC(C(=O)NCCN)C1)c1ccccc1. The Labute approximate surface area is 138 Å². The molecule has 126 valence electrons. The molecule has 0 spiro atoms. The molecule has 2 unspecified atom stereocenters. The van der Waals surface area contributed by atoms with E-state index < -0.39 is 0 Å². The van der Waals surface area contributed by atoms with Gasteiger partial charge < -0.3 is 16.0 Å². The Morgan fingerprint density at radius 3 is 2.78 bits per heavy atom. The van der Waals surface area contributed by atoms with E-state index in [1.807, 2.05) is 23.1 Å². The highest BCUT2D eigenvalue weighted by molar-refractivity contribution is 5.81. The number of rotatable bonds is 6. The van der Waals surface area contributed by atoms with Crippen LogP contribution in [-0.2, 0) is 9.59 Å². The van der Waals surface area contributed by atoms with Gasteiger partial charge in [-0.1, -0.05) is 37.3 Å². The summed E-state index contributed by atoms with van der Waals surface area (Å²) >= 11 is 0. The number of hydrogen-bond acceptors (Lipinski definition) is 3. The van der Waals surface area contributed by atoms with Gasteiger partial charge in [0, 0.05) is 32.6 Å². The summed E-state index contributed by atoms with van der Waals surface area (Å²) in [5.74, 6) is 0.239. The molecule has 1 saturated heterocycles. The van der Waals surface area contributed by atoms with E-state index in [0.29, 0.717) is 26.1 Å². The molecule has 2 atom stereocenters. The quantitative estimate of drug-likeness (QED) is 0.835. The van der Waals surface area contributed by atoms with E-state index in [1.54, 1.807) is 0 Å². The van der Waals surface area contributed by atoms with Gasteiger partial charge in [-0.25, -0.2) is 0 Å². The Balaban J connectivity index is 1.88. The molecule has 0 radical (unpaired) electrons. The van der Waals surface area contributed by atoms with Crippen molar-refractivity contribution in [2.75, 3.05) is 26.2 Å². The molecule has 0 bridgehead atoms. The molecule has 1 aromatic rings. The van der Waals surface area contributed by atoms with Crippen LogP contribution in [0.2, 0.25) is 0 Å². The first-order valence-corrected chi connectivity index (χ1v) is 8.42. The fourth-order valence-corrected chi connectivity index (χ4v) is 3.05. The van der Waals surface area contributed by atoms with Gasteiger partial charge in [-0.05, 0) is 24.3 Å². The Kier molecular flexibility index (Phi) is 6.59. The van der Waals surface area contributed by atoms with Crippen LogP contribution in [0.15, 0.2) is 30.3 Å². The van der Waals surface area contributed by atoms with E-state index in [0.717, 1.165) is 19.4 Å². The van der Waals surface area contributed by atoms with Gasteiger partial charge >= 0.3 is 0 Å². The Bertz CT molecular complexity index is 518. The van der Waals surface area contributed by atoms with Crippen molar-refractivity contribution in [3.8, 4) is 0 Å². The van der Waals surface area contributed by atoms with Crippen molar-refractivity contribution < 1.29 is 9.59 Å². The molecule has 3 N–H and O–H groups in total. The number of likely N-dealkylation sites (tertiary alicyclic amines) is 1. The molecule has 0 aromatic heterocycles. The van der Waals surface area contributed by atoms with Crippen molar-refractivity contribution in [3.05, 3.63) is 35.9 Å². The smallest absolute Gasteiger partial charge is 0.224 e. The highest BCUT2D eigenvalue weighted by Crippen LogP contribution is 2.22. The normalized spacial score (nSPS) is 19.2. The minimum Gasteiger partial charge on any atom is -0.355 e. The molecule has 2 amide bonds. The highest BCUT2D eigenvalue weighted by atomic mass is 16.2. The van der Waals surface area contributed by atoms with Crippen LogP contribution in [0, 0.1) is 5.92 Å². The lowest BCUT2D eigenvalue weighted by Crippen LogP contribution is -2.46. The van der Waals surface area contributed by atoms with Crippen molar-refractivity contribution in [2.24, 2.45) is 11.7 Å². The van der Waals surface area contributed by atoms with Crippen molar-refractivity contribution >= 4 is 11.8 Å². The monoisotopic (exact) mass is 317 g/mol. The second-order valence-electron chi connectivity index (χ2n) is 6.27. The standard InChI is InChI=1S/C18H27N3O2/c1-14(15-6-3-2-4-7-15)12-17(22)21-11-5-8-16(13-21)18(23)20-10-9-19/h2-4,6-7,14,16H,5,8-13,19H2,1H3,(H,20,23). The molecular weight excluding hydrogens is 290 g/mol. The molecule has 2 rings (SSSR count). The van der Waals surface area contributed by atoms with E-state index in [-0.39, 0.29) is 23.7 Å². The number of nitrogens with one attached hydrogen (secondary N) is 1. The summed E-state index contributed by atoms with van der Waals surface area (Å²) in [6.45, 7) is 4.28. The third kappa shape index (κ3) is 5.06. The molecule has 23 heavy (non-hydrogen) atoms. The van der Waals surface area contributed by atoms with Gasteiger partial charge in [0.2, 0.25) is 11.8 Å². The Hall–Kier alpha value is -1.88. The van der Waals surface area contributed by atoms with Crippen LogP contribution in [0.3, 0.4) is 0 Å². The van der Waals surface area contributed by atoms with Gasteiger partial charge in [0.05, 0.1) is 5.92 Å². The van der Waals surface area contributed by atoms with Crippen LogP contribution in [0.25, 0.3) is 0 Å². The third-order valence-electron chi connectivity index (χ3n) is 4.44. The van der Waals surface area contributed by atoms with Gasteiger partial charge in [0.25, 0.3) is 0 Å². The zero-order valence-electron chi connectivity index (χ0n) is 13.8. The molecule has 1 aliphatic heterocycles. The van der Waals surface area contributed by atoms with Crippen LogP contribution in [0.5, 0.6) is 0 Å². The molecule has 1 fully saturated rings. The summed E-state index contributed by atoms with van der Waals surface area (Å²) in [7, 11) is 0. The number of nitrogens with two attached hydrogens (primary N) is 1. The first-order valence-electron chi connectivity index (χ1n) is 8.42. The molecule has 0 aliphatic carbocycles. The Morgan fingerprint density at radius 2 is 2.09 bits per heavy atom. The fraction of sp³-hybridized carbons (Fsp3) is 0.556. The van der Waals surface area contributed by atoms with Gasteiger partial charge in [-0.2, -0.15) is 0 Å². The lowest BCUT2D eigenvalue weighted by molar-refractivity contribution is -0.136. The molecular formula is C18H27N3O2. The van der Waals surface area contributed by atoms with Crippen LogP contribution >= 0.6 is 0 Å². The summed E-state index contributed by atoms with van der Waals surface area (Å²) in [5, 5.41) is 2.83. The predicted molar refractivity (Wildman–Crippen MR) is 90.8 cm³/mol. The number of carbonyl (C=O) groups is 2. The second kappa shape index (κ2) is 8.67. The molecule has 5 heteroatoms.